The molecule has 0 radical (unpaired) electrons. The highest BCUT2D eigenvalue weighted by atomic mass is 79.9. The van der Waals surface area contributed by atoms with Gasteiger partial charge in [-0.25, -0.2) is 0 Å². The topological polar surface area (TPSA) is 13.7 Å². The van der Waals surface area contributed by atoms with E-state index in [2.05, 4.69) is 30.0 Å². The van der Waals surface area contributed by atoms with Crippen LogP contribution >= 0.6 is 15.9 Å². The summed E-state index contributed by atoms with van der Waals surface area (Å²) in [6, 6.07) is 7.98. The van der Waals surface area contributed by atoms with Crippen LogP contribution in [0.5, 0.6) is 5.75 Å². The average molecular weight is 273 g/mol. The zero-order chi connectivity index (χ0) is 11.1. The molecule has 0 spiro atoms. The maximum atomic E-state index is 5.63. The lowest BCUT2D eigenvalue weighted by molar-refractivity contribution is -0.858. The summed E-state index contributed by atoms with van der Waals surface area (Å²) >= 11 is 3.42. The van der Waals surface area contributed by atoms with Gasteiger partial charge in [0.25, 0.3) is 0 Å². The van der Waals surface area contributed by atoms with Crippen molar-refractivity contribution in [3.8, 4) is 5.75 Å². The number of hydrogen-bond donors (Lipinski definition) is 1. The van der Waals surface area contributed by atoms with Crippen molar-refractivity contribution in [3.05, 3.63) is 28.7 Å². The molecule has 0 aliphatic rings. The van der Waals surface area contributed by atoms with Crippen molar-refractivity contribution in [2.45, 2.75) is 12.8 Å². The van der Waals surface area contributed by atoms with Gasteiger partial charge >= 0.3 is 0 Å². The summed E-state index contributed by atoms with van der Waals surface area (Å²) < 4.78 is 6.70. The molecule has 0 aromatic heterocycles. The van der Waals surface area contributed by atoms with E-state index in [9.17, 15) is 0 Å². The van der Waals surface area contributed by atoms with Gasteiger partial charge in [-0.3, -0.25) is 0 Å². The molecule has 0 atom stereocenters. The molecule has 0 heterocycles. The van der Waals surface area contributed by atoms with E-state index in [1.165, 1.54) is 17.9 Å². The second-order valence-electron chi connectivity index (χ2n) is 3.97. The summed E-state index contributed by atoms with van der Waals surface area (Å²) in [7, 11) is 4.35. The third-order valence-electron chi connectivity index (χ3n) is 2.14. The van der Waals surface area contributed by atoms with Crippen molar-refractivity contribution in [1.29, 1.82) is 0 Å². The Balaban J connectivity index is 2.15. The van der Waals surface area contributed by atoms with Crippen LogP contribution < -0.4 is 9.64 Å². The summed E-state index contributed by atoms with van der Waals surface area (Å²) in [6.45, 7) is 2.02. The first-order valence-electron chi connectivity index (χ1n) is 5.36. The Morgan fingerprint density at radius 1 is 1.27 bits per heavy atom. The first-order valence-corrected chi connectivity index (χ1v) is 6.15. The molecule has 0 saturated heterocycles. The van der Waals surface area contributed by atoms with Crippen LogP contribution in [-0.2, 0) is 0 Å². The van der Waals surface area contributed by atoms with Crippen LogP contribution in [0.25, 0.3) is 0 Å². The van der Waals surface area contributed by atoms with Gasteiger partial charge in [0.2, 0.25) is 0 Å². The second kappa shape index (κ2) is 6.85. The van der Waals surface area contributed by atoms with E-state index in [0.717, 1.165) is 23.2 Å². The number of halogens is 1. The molecule has 1 aromatic carbocycles. The highest BCUT2D eigenvalue weighted by molar-refractivity contribution is 9.10. The Morgan fingerprint density at radius 2 is 2.07 bits per heavy atom. The maximum Gasteiger partial charge on any atom is 0.120 e. The molecule has 3 heteroatoms. The smallest absolute Gasteiger partial charge is 0.120 e. The lowest BCUT2D eigenvalue weighted by atomic mass is 10.3. The van der Waals surface area contributed by atoms with Gasteiger partial charge in [-0.1, -0.05) is 22.0 Å². The Labute approximate surface area is 100 Å². The normalized spacial score (nSPS) is 10.7. The van der Waals surface area contributed by atoms with Crippen molar-refractivity contribution in [2.24, 2.45) is 0 Å². The van der Waals surface area contributed by atoms with Crippen LogP contribution in [0.15, 0.2) is 28.7 Å². The quantitative estimate of drug-likeness (QED) is 0.780. The van der Waals surface area contributed by atoms with Gasteiger partial charge < -0.3 is 9.64 Å². The first kappa shape index (κ1) is 12.5. The van der Waals surface area contributed by atoms with E-state index in [1.54, 1.807) is 0 Å². The number of nitrogens with one attached hydrogen (secondary N) is 1. The molecule has 15 heavy (non-hydrogen) atoms. The Kier molecular flexibility index (Phi) is 5.73. The fourth-order valence-corrected chi connectivity index (χ4v) is 1.71. The number of benzene rings is 1. The molecular formula is C12H19BrNO+. The Morgan fingerprint density at radius 3 is 2.73 bits per heavy atom. The molecular weight excluding hydrogens is 254 g/mol. The van der Waals surface area contributed by atoms with E-state index in [-0.39, 0.29) is 0 Å². The molecule has 0 aliphatic carbocycles. The molecule has 0 amide bonds. The largest absolute Gasteiger partial charge is 0.494 e. The minimum atomic E-state index is 0.809. The fraction of sp³-hybridized carbons (Fsp3) is 0.500. The minimum Gasteiger partial charge on any atom is -0.494 e. The lowest BCUT2D eigenvalue weighted by Crippen LogP contribution is -3.05. The van der Waals surface area contributed by atoms with Crippen LogP contribution in [-0.4, -0.2) is 27.2 Å². The highest BCUT2D eigenvalue weighted by Gasteiger charge is 1.96. The van der Waals surface area contributed by atoms with Gasteiger partial charge in [0.05, 0.1) is 27.2 Å². The molecule has 1 aromatic rings. The van der Waals surface area contributed by atoms with Gasteiger partial charge in [0, 0.05) is 4.47 Å². The maximum absolute atomic E-state index is 5.63. The fourth-order valence-electron chi connectivity index (χ4n) is 1.33. The number of rotatable bonds is 6. The third-order valence-corrected chi connectivity index (χ3v) is 2.63. The van der Waals surface area contributed by atoms with Crippen LogP contribution in [0, 0.1) is 0 Å². The van der Waals surface area contributed by atoms with Crippen molar-refractivity contribution in [1.82, 2.24) is 0 Å². The summed E-state index contributed by atoms with van der Waals surface area (Å²) in [5, 5.41) is 0. The van der Waals surface area contributed by atoms with E-state index in [1.807, 2.05) is 24.3 Å². The molecule has 84 valence electrons. The third kappa shape index (κ3) is 5.80. The summed E-state index contributed by atoms with van der Waals surface area (Å²) in [4.78, 5) is 1.50. The molecule has 1 N–H and O–H groups in total. The monoisotopic (exact) mass is 272 g/mol. The van der Waals surface area contributed by atoms with E-state index >= 15 is 0 Å². The Bertz CT molecular complexity index is 289. The summed E-state index contributed by atoms with van der Waals surface area (Å²) in [5.74, 6) is 0.946. The predicted molar refractivity (Wildman–Crippen MR) is 66.5 cm³/mol. The number of ether oxygens (including phenoxy) is 1. The molecule has 0 saturated carbocycles. The van der Waals surface area contributed by atoms with Gasteiger partial charge in [0.15, 0.2) is 0 Å². The van der Waals surface area contributed by atoms with Gasteiger partial charge in [-0.05, 0) is 31.0 Å². The highest BCUT2D eigenvalue weighted by Crippen LogP contribution is 2.17. The van der Waals surface area contributed by atoms with Crippen molar-refractivity contribution < 1.29 is 9.64 Å². The molecule has 2 nitrogen and oxygen atoms in total. The predicted octanol–water partition coefficient (Wildman–Crippen LogP) is 1.75. The van der Waals surface area contributed by atoms with Gasteiger partial charge in [-0.2, -0.15) is 0 Å². The zero-order valence-corrected chi connectivity index (χ0v) is 11.0. The SMILES string of the molecule is C[NH+](C)CCCCOc1cccc(Br)c1. The standard InChI is InChI=1S/C12H18BrNO/c1-14(2)8-3-4-9-15-12-7-5-6-11(13)10-12/h5-7,10H,3-4,8-9H2,1-2H3/p+1. The van der Waals surface area contributed by atoms with Gasteiger partial charge in [-0.15, -0.1) is 0 Å². The van der Waals surface area contributed by atoms with E-state index < -0.39 is 0 Å². The molecule has 0 fully saturated rings. The Hall–Kier alpha value is -0.540. The first-order chi connectivity index (χ1) is 7.18. The molecule has 1 rings (SSSR count). The van der Waals surface area contributed by atoms with Crippen molar-refractivity contribution in [2.75, 3.05) is 27.2 Å². The van der Waals surface area contributed by atoms with Crippen molar-refractivity contribution in [3.63, 3.8) is 0 Å². The van der Waals surface area contributed by atoms with Crippen LogP contribution in [0.3, 0.4) is 0 Å². The minimum absolute atomic E-state index is 0.809. The molecule has 0 bridgehead atoms. The van der Waals surface area contributed by atoms with E-state index in [4.69, 9.17) is 4.74 Å². The second-order valence-corrected chi connectivity index (χ2v) is 4.89. The summed E-state index contributed by atoms with van der Waals surface area (Å²) in [5.41, 5.74) is 0. The summed E-state index contributed by atoms with van der Waals surface area (Å²) in [6.07, 6.45) is 2.34. The van der Waals surface area contributed by atoms with Crippen LogP contribution in [0.4, 0.5) is 0 Å². The van der Waals surface area contributed by atoms with Gasteiger partial charge in [0.1, 0.15) is 5.75 Å². The zero-order valence-electron chi connectivity index (χ0n) is 9.42. The molecule has 0 unspecified atom stereocenters. The van der Waals surface area contributed by atoms with Crippen LogP contribution in [0.2, 0.25) is 0 Å². The average Bonchev–Trinajstić information content (AvgIpc) is 2.17. The number of quaternary nitrogens is 1. The van der Waals surface area contributed by atoms with Crippen LogP contribution in [0.1, 0.15) is 12.8 Å². The number of unbranched alkanes of at least 4 members (excludes halogenated alkanes) is 1. The lowest BCUT2D eigenvalue weighted by Gasteiger charge is -2.08. The number of hydrogen-bond acceptors (Lipinski definition) is 1. The van der Waals surface area contributed by atoms with Crippen molar-refractivity contribution >= 4 is 15.9 Å². The van der Waals surface area contributed by atoms with E-state index in [0.29, 0.717) is 0 Å². The molecule has 0 aliphatic heterocycles.